The molecule has 1 aliphatic heterocycles. The van der Waals surface area contributed by atoms with E-state index in [1.807, 2.05) is 29.6 Å². The molecule has 8 heteroatoms. The van der Waals surface area contributed by atoms with Crippen molar-refractivity contribution >= 4 is 38.7 Å². The number of amides is 1. The fraction of sp³-hybridized carbons (Fsp3) is 0.250. The van der Waals surface area contributed by atoms with Gasteiger partial charge in [0.25, 0.3) is 0 Å². The van der Waals surface area contributed by atoms with Crippen LogP contribution in [0, 0.1) is 0 Å². The summed E-state index contributed by atoms with van der Waals surface area (Å²) in [5, 5.41) is 7.89. The van der Waals surface area contributed by atoms with Crippen LogP contribution in [0.1, 0.15) is 29.8 Å². The molecule has 126 valence electrons. The number of anilines is 1. The van der Waals surface area contributed by atoms with Crippen molar-refractivity contribution in [2.75, 3.05) is 11.0 Å². The first-order chi connectivity index (χ1) is 11.3. The largest absolute Gasteiger partial charge is 0.283 e. The Labute approximate surface area is 144 Å². The Hall–Kier alpha value is -2.19. The Morgan fingerprint density at radius 2 is 2.04 bits per heavy atom. The molecule has 1 N–H and O–H groups in total. The number of para-hydroxylation sites is 1. The Morgan fingerprint density at radius 1 is 1.29 bits per heavy atom. The van der Waals surface area contributed by atoms with E-state index < -0.39 is 10.0 Å². The second-order valence-corrected chi connectivity index (χ2v) is 8.29. The van der Waals surface area contributed by atoms with Crippen LogP contribution in [-0.2, 0) is 14.8 Å². The number of carbonyl (C=O) groups excluding carboxylic acids is 1. The van der Waals surface area contributed by atoms with Gasteiger partial charge in [-0.3, -0.25) is 9.52 Å². The molecule has 0 saturated heterocycles. The second kappa shape index (κ2) is 6.37. The minimum absolute atomic E-state index is 0.142. The first kappa shape index (κ1) is 16.7. The summed E-state index contributed by atoms with van der Waals surface area (Å²) in [5.74, 6) is -0.142. The zero-order valence-corrected chi connectivity index (χ0v) is 14.9. The Morgan fingerprint density at radius 3 is 2.67 bits per heavy atom. The normalized spacial score (nSPS) is 17.7. The van der Waals surface area contributed by atoms with Gasteiger partial charge in [0.15, 0.2) is 0 Å². The number of nitrogens with one attached hydrogen (secondary N) is 1. The quantitative estimate of drug-likeness (QED) is 0.907. The number of rotatable bonds is 4. The van der Waals surface area contributed by atoms with Gasteiger partial charge in [0, 0.05) is 23.8 Å². The molecular weight excluding hydrogens is 346 g/mol. The third-order valence-corrected chi connectivity index (χ3v) is 5.20. The van der Waals surface area contributed by atoms with Gasteiger partial charge in [-0.1, -0.05) is 24.3 Å². The number of carbonyl (C=O) groups is 1. The minimum atomic E-state index is -3.40. The lowest BCUT2D eigenvalue weighted by atomic mass is 10.0. The highest BCUT2D eigenvalue weighted by atomic mass is 32.2. The number of hydrazone groups is 1. The van der Waals surface area contributed by atoms with Crippen molar-refractivity contribution < 1.29 is 13.2 Å². The van der Waals surface area contributed by atoms with Crippen LogP contribution in [0.25, 0.3) is 0 Å². The van der Waals surface area contributed by atoms with Crippen LogP contribution in [-0.4, -0.2) is 31.3 Å². The first-order valence-corrected chi connectivity index (χ1v) is 10.1. The predicted molar refractivity (Wildman–Crippen MR) is 95.6 cm³/mol. The van der Waals surface area contributed by atoms with Gasteiger partial charge in [0.1, 0.15) is 0 Å². The smallest absolute Gasteiger partial charge is 0.240 e. The summed E-state index contributed by atoms with van der Waals surface area (Å²) in [6.07, 6.45) is 1.65. The van der Waals surface area contributed by atoms with Gasteiger partial charge in [0.05, 0.1) is 23.7 Å². The molecule has 1 amide bonds. The molecular formula is C16H17N3O3S2. The fourth-order valence-electron chi connectivity index (χ4n) is 2.69. The summed E-state index contributed by atoms with van der Waals surface area (Å²) in [4.78, 5) is 13.0. The van der Waals surface area contributed by atoms with Crippen molar-refractivity contribution in [3.8, 4) is 0 Å². The SMILES string of the molecule is CC(=O)N1N=C(c2ccccc2NS(C)(=O)=O)C[C@H]1c1cccs1. The average Bonchev–Trinajstić information content (AvgIpc) is 3.15. The predicted octanol–water partition coefficient (Wildman–Crippen LogP) is 2.82. The van der Waals surface area contributed by atoms with Crippen LogP contribution in [0.5, 0.6) is 0 Å². The summed E-state index contributed by atoms with van der Waals surface area (Å²) in [6.45, 7) is 1.48. The Bertz CT molecular complexity index is 889. The highest BCUT2D eigenvalue weighted by Gasteiger charge is 2.32. The maximum atomic E-state index is 12.0. The summed E-state index contributed by atoms with van der Waals surface area (Å²) in [6, 6.07) is 10.8. The van der Waals surface area contributed by atoms with Crippen molar-refractivity contribution in [1.29, 1.82) is 0 Å². The first-order valence-electron chi connectivity index (χ1n) is 7.33. The third-order valence-electron chi connectivity index (χ3n) is 3.64. The molecule has 6 nitrogen and oxygen atoms in total. The van der Waals surface area contributed by atoms with E-state index in [4.69, 9.17) is 0 Å². The van der Waals surface area contributed by atoms with Crippen LogP contribution < -0.4 is 4.72 Å². The summed E-state index contributed by atoms with van der Waals surface area (Å²) < 4.78 is 25.7. The van der Waals surface area contributed by atoms with Gasteiger partial charge in [-0.2, -0.15) is 5.10 Å². The zero-order chi connectivity index (χ0) is 17.3. The third kappa shape index (κ3) is 3.49. The highest BCUT2D eigenvalue weighted by Crippen LogP contribution is 2.36. The van der Waals surface area contributed by atoms with Crippen molar-refractivity contribution in [3.63, 3.8) is 0 Å². The number of thiophene rings is 1. The average molecular weight is 363 g/mol. The molecule has 2 heterocycles. The summed E-state index contributed by atoms with van der Waals surface area (Å²) >= 11 is 1.57. The molecule has 0 aliphatic carbocycles. The molecule has 1 atom stereocenters. The minimum Gasteiger partial charge on any atom is -0.283 e. The molecule has 0 spiro atoms. The van der Waals surface area contributed by atoms with Gasteiger partial charge >= 0.3 is 0 Å². The fourth-order valence-corrected chi connectivity index (χ4v) is 4.08. The molecule has 1 aromatic carbocycles. The van der Waals surface area contributed by atoms with Crippen molar-refractivity contribution in [2.24, 2.45) is 5.10 Å². The van der Waals surface area contributed by atoms with E-state index in [9.17, 15) is 13.2 Å². The molecule has 1 aliphatic rings. The van der Waals surface area contributed by atoms with E-state index in [2.05, 4.69) is 9.82 Å². The van der Waals surface area contributed by atoms with Gasteiger partial charge in [-0.25, -0.2) is 13.4 Å². The van der Waals surface area contributed by atoms with E-state index in [1.165, 1.54) is 11.9 Å². The van der Waals surface area contributed by atoms with Gasteiger partial charge in [-0.15, -0.1) is 11.3 Å². The Kier molecular flexibility index (Phi) is 4.42. The number of sulfonamides is 1. The lowest BCUT2D eigenvalue weighted by Gasteiger charge is -2.18. The van der Waals surface area contributed by atoms with Crippen LogP contribution in [0.4, 0.5) is 5.69 Å². The lowest BCUT2D eigenvalue weighted by Crippen LogP contribution is -2.23. The van der Waals surface area contributed by atoms with Crippen LogP contribution in [0.2, 0.25) is 0 Å². The van der Waals surface area contributed by atoms with E-state index in [-0.39, 0.29) is 11.9 Å². The van der Waals surface area contributed by atoms with Crippen LogP contribution in [0.15, 0.2) is 46.9 Å². The number of hydrogen-bond donors (Lipinski definition) is 1. The van der Waals surface area contributed by atoms with E-state index in [0.29, 0.717) is 23.4 Å². The number of nitrogens with zero attached hydrogens (tertiary/aromatic N) is 2. The lowest BCUT2D eigenvalue weighted by molar-refractivity contribution is -0.130. The monoisotopic (exact) mass is 363 g/mol. The van der Waals surface area contributed by atoms with Crippen LogP contribution in [0.3, 0.4) is 0 Å². The van der Waals surface area contributed by atoms with Crippen molar-refractivity contribution in [3.05, 3.63) is 52.2 Å². The molecule has 1 aromatic heterocycles. The zero-order valence-electron chi connectivity index (χ0n) is 13.3. The molecule has 2 aromatic rings. The van der Waals surface area contributed by atoms with E-state index >= 15 is 0 Å². The van der Waals surface area contributed by atoms with Gasteiger partial charge in [0.2, 0.25) is 15.9 Å². The van der Waals surface area contributed by atoms with Gasteiger partial charge in [-0.05, 0) is 17.5 Å². The molecule has 0 bridgehead atoms. The highest BCUT2D eigenvalue weighted by molar-refractivity contribution is 7.92. The Balaban J connectivity index is 1.99. The van der Waals surface area contributed by atoms with E-state index in [1.54, 1.807) is 23.5 Å². The van der Waals surface area contributed by atoms with Crippen molar-refractivity contribution in [1.82, 2.24) is 5.01 Å². The molecule has 24 heavy (non-hydrogen) atoms. The standard InChI is InChI=1S/C16H17N3O3S2/c1-11(20)19-15(16-8-5-9-23-16)10-14(17-19)12-6-3-4-7-13(12)18-24(2,21)22/h3-9,15,18H,10H2,1-2H3/t15-/m0/s1. The topological polar surface area (TPSA) is 78.8 Å². The van der Waals surface area contributed by atoms with Crippen LogP contribution >= 0.6 is 11.3 Å². The second-order valence-electron chi connectivity index (χ2n) is 5.57. The molecule has 0 unspecified atom stereocenters. The maximum Gasteiger partial charge on any atom is 0.240 e. The van der Waals surface area contributed by atoms with Gasteiger partial charge < -0.3 is 0 Å². The summed E-state index contributed by atoms with van der Waals surface area (Å²) in [7, 11) is -3.40. The molecule has 0 fully saturated rings. The molecule has 0 radical (unpaired) electrons. The van der Waals surface area contributed by atoms with Crippen molar-refractivity contribution in [2.45, 2.75) is 19.4 Å². The molecule has 3 rings (SSSR count). The summed E-state index contributed by atoms with van der Waals surface area (Å²) in [5.41, 5.74) is 1.85. The number of benzene rings is 1. The maximum absolute atomic E-state index is 12.0. The molecule has 0 saturated carbocycles. The van der Waals surface area contributed by atoms with E-state index in [0.717, 1.165) is 11.1 Å². The number of hydrogen-bond acceptors (Lipinski definition) is 5.